The van der Waals surface area contributed by atoms with Crippen LogP contribution >= 0.6 is 23.2 Å². The zero-order valence-electron chi connectivity index (χ0n) is 19.7. The number of carbonyl (C=O) groups is 2. The molecule has 9 heteroatoms. The number of alkyl halides is 3. The van der Waals surface area contributed by atoms with Crippen LogP contribution in [0.4, 0.5) is 18.9 Å². The van der Waals surface area contributed by atoms with Gasteiger partial charge in [0, 0.05) is 5.02 Å². The van der Waals surface area contributed by atoms with Crippen molar-refractivity contribution in [3.8, 4) is 0 Å². The van der Waals surface area contributed by atoms with Gasteiger partial charge in [-0.15, -0.1) is 0 Å². The average Bonchev–Trinajstić information content (AvgIpc) is 3.62. The van der Waals surface area contributed by atoms with Crippen molar-refractivity contribution < 1.29 is 27.5 Å². The maximum Gasteiger partial charge on any atom is 0.392 e. The first-order valence-electron chi connectivity index (χ1n) is 11.5. The van der Waals surface area contributed by atoms with Crippen molar-refractivity contribution in [3.63, 3.8) is 0 Å². The van der Waals surface area contributed by atoms with Crippen molar-refractivity contribution in [2.75, 3.05) is 11.9 Å². The van der Waals surface area contributed by atoms with Crippen LogP contribution in [0.5, 0.6) is 0 Å². The summed E-state index contributed by atoms with van der Waals surface area (Å²) in [6.45, 7) is 4.79. The summed E-state index contributed by atoms with van der Waals surface area (Å²) in [4.78, 5) is 25.6. The van der Waals surface area contributed by atoms with Crippen LogP contribution in [0.2, 0.25) is 10.0 Å². The van der Waals surface area contributed by atoms with E-state index in [0.717, 1.165) is 25.3 Å². The Morgan fingerprint density at radius 1 is 1.06 bits per heavy atom. The molecule has 35 heavy (non-hydrogen) atoms. The third-order valence-electron chi connectivity index (χ3n) is 6.49. The first kappa shape index (κ1) is 27.3. The molecule has 0 radical (unpaired) electrons. The zero-order valence-corrected chi connectivity index (χ0v) is 21.2. The van der Waals surface area contributed by atoms with E-state index in [2.05, 4.69) is 5.32 Å². The third kappa shape index (κ3) is 6.70. The molecule has 1 fully saturated rings. The van der Waals surface area contributed by atoms with Gasteiger partial charge in [0.15, 0.2) is 0 Å². The minimum absolute atomic E-state index is 0.150. The molecule has 190 valence electrons. The molecule has 3 rings (SSSR count). The Morgan fingerprint density at radius 3 is 2.20 bits per heavy atom. The number of rotatable bonds is 9. The maximum atomic E-state index is 13.7. The predicted molar refractivity (Wildman–Crippen MR) is 131 cm³/mol. The Bertz CT molecular complexity index is 1050. The summed E-state index contributed by atoms with van der Waals surface area (Å²) in [5.41, 5.74) is 1.17. The number of hydrogen-bond acceptors (Lipinski definition) is 3. The summed E-state index contributed by atoms with van der Waals surface area (Å²) >= 11 is 12.2. The van der Waals surface area contributed by atoms with Crippen LogP contribution in [0.15, 0.2) is 42.5 Å². The zero-order chi connectivity index (χ0) is 25.9. The van der Waals surface area contributed by atoms with Crippen LogP contribution in [-0.2, 0) is 14.3 Å². The number of halogens is 5. The molecule has 1 N–H and O–H groups in total. The van der Waals surface area contributed by atoms with Gasteiger partial charge in [0.25, 0.3) is 0 Å². The topological polar surface area (TPSA) is 55.4 Å². The lowest BCUT2D eigenvalue weighted by Crippen LogP contribution is -2.34. The van der Waals surface area contributed by atoms with E-state index in [-0.39, 0.29) is 40.7 Å². The Hall–Kier alpha value is -2.25. The molecule has 0 heterocycles. The molecule has 1 saturated carbocycles. The van der Waals surface area contributed by atoms with Crippen LogP contribution in [-0.4, -0.2) is 24.7 Å². The van der Waals surface area contributed by atoms with E-state index in [4.69, 9.17) is 27.9 Å². The van der Waals surface area contributed by atoms with Gasteiger partial charge in [-0.25, -0.2) is 0 Å². The van der Waals surface area contributed by atoms with Crippen molar-refractivity contribution >= 4 is 40.8 Å². The fraction of sp³-hybridized carbons (Fsp3) is 0.462. The van der Waals surface area contributed by atoms with Gasteiger partial charge >= 0.3 is 12.1 Å². The standard InChI is InChI=1S/C26H28Cl2F3NO3/c1-4-35-25(34)14(2)22(16-5-6-16)18-9-12-20(28)21(13-18)32-24(33)23(15(3)26(29,30)31)17-7-10-19(27)11-8-17/h7-16,22-23H,4-6H2,1-3H3,(H,32,33)/t14-,15-,22-,23+/m1/s1. The van der Waals surface area contributed by atoms with Crippen molar-refractivity contribution in [2.24, 2.45) is 17.8 Å². The van der Waals surface area contributed by atoms with Crippen molar-refractivity contribution in [2.45, 2.75) is 51.6 Å². The highest BCUT2D eigenvalue weighted by Crippen LogP contribution is 2.48. The number of amides is 1. The average molecular weight is 530 g/mol. The van der Waals surface area contributed by atoms with Crippen LogP contribution in [0.25, 0.3) is 0 Å². The van der Waals surface area contributed by atoms with Gasteiger partial charge in [-0.3, -0.25) is 9.59 Å². The van der Waals surface area contributed by atoms with Gasteiger partial charge in [0.1, 0.15) is 0 Å². The van der Waals surface area contributed by atoms with Crippen molar-refractivity contribution in [1.29, 1.82) is 0 Å². The number of carbonyl (C=O) groups excluding carboxylic acids is 2. The van der Waals surface area contributed by atoms with Crippen LogP contribution in [0.1, 0.15) is 56.6 Å². The largest absolute Gasteiger partial charge is 0.466 e. The second kappa shape index (κ2) is 11.2. The van der Waals surface area contributed by atoms with E-state index in [1.54, 1.807) is 32.0 Å². The summed E-state index contributed by atoms with van der Waals surface area (Å²) < 4.78 is 46.2. The third-order valence-corrected chi connectivity index (χ3v) is 7.07. The number of hydrogen-bond donors (Lipinski definition) is 1. The van der Waals surface area contributed by atoms with Crippen LogP contribution in [0, 0.1) is 17.8 Å². The van der Waals surface area contributed by atoms with Gasteiger partial charge in [-0.05, 0) is 67.0 Å². The summed E-state index contributed by atoms with van der Waals surface area (Å²) in [7, 11) is 0. The molecule has 1 aliphatic rings. The van der Waals surface area contributed by atoms with Crippen molar-refractivity contribution in [3.05, 3.63) is 63.6 Å². The Kier molecular flexibility index (Phi) is 8.76. The van der Waals surface area contributed by atoms with Gasteiger partial charge in [-0.2, -0.15) is 13.2 Å². The molecule has 1 amide bonds. The molecule has 0 aliphatic heterocycles. The Morgan fingerprint density at radius 2 is 1.66 bits per heavy atom. The molecule has 0 bridgehead atoms. The molecule has 0 saturated heterocycles. The molecule has 0 aromatic heterocycles. The van der Waals surface area contributed by atoms with Gasteiger partial charge in [-0.1, -0.05) is 55.2 Å². The molecule has 2 aromatic carbocycles. The SMILES string of the molecule is CCOC(=O)[C@H](C)[C@@H](c1ccc(Cl)c(NC(=O)[C@H](c2ccc(Cl)cc2)[C@@H](C)C(F)(F)F)c1)C1CC1. The minimum atomic E-state index is -4.60. The fourth-order valence-corrected chi connectivity index (χ4v) is 4.72. The molecular formula is C26H28Cl2F3NO3. The molecule has 4 nitrogen and oxygen atoms in total. The number of benzene rings is 2. The first-order valence-corrected chi connectivity index (χ1v) is 12.3. The quantitative estimate of drug-likeness (QED) is 0.340. The fourth-order valence-electron chi connectivity index (χ4n) is 4.43. The van der Waals surface area contributed by atoms with E-state index in [9.17, 15) is 22.8 Å². The molecule has 0 unspecified atom stereocenters. The monoisotopic (exact) mass is 529 g/mol. The number of esters is 1. The van der Waals surface area contributed by atoms with E-state index in [1.165, 1.54) is 24.3 Å². The van der Waals surface area contributed by atoms with Gasteiger partial charge in [0.05, 0.1) is 35.1 Å². The lowest BCUT2D eigenvalue weighted by atomic mass is 9.83. The minimum Gasteiger partial charge on any atom is -0.466 e. The molecule has 2 aromatic rings. The van der Waals surface area contributed by atoms with Crippen molar-refractivity contribution in [1.82, 2.24) is 0 Å². The van der Waals surface area contributed by atoms with Gasteiger partial charge < -0.3 is 10.1 Å². The Labute approximate surface area is 213 Å². The second-order valence-corrected chi connectivity index (χ2v) is 9.84. The van der Waals surface area contributed by atoms with Crippen LogP contribution < -0.4 is 5.32 Å². The molecule has 0 spiro atoms. The smallest absolute Gasteiger partial charge is 0.392 e. The number of anilines is 1. The van der Waals surface area contributed by atoms with E-state index >= 15 is 0 Å². The number of ether oxygens (including phenoxy) is 1. The van der Waals surface area contributed by atoms with E-state index in [1.807, 2.05) is 0 Å². The lowest BCUT2D eigenvalue weighted by molar-refractivity contribution is -0.178. The molecule has 1 aliphatic carbocycles. The first-order chi connectivity index (χ1) is 16.4. The highest BCUT2D eigenvalue weighted by molar-refractivity contribution is 6.33. The highest BCUT2D eigenvalue weighted by Gasteiger charge is 2.45. The Balaban J connectivity index is 1.92. The van der Waals surface area contributed by atoms with E-state index in [0.29, 0.717) is 5.02 Å². The normalized spacial score (nSPS) is 17.3. The molecule has 4 atom stereocenters. The second-order valence-electron chi connectivity index (χ2n) is 8.99. The summed E-state index contributed by atoms with van der Waals surface area (Å²) in [5.74, 6) is -4.89. The summed E-state index contributed by atoms with van der Waals surface area (Å²) in [5, 5.41) is 3.15. The number of nitrogens with one attached hydrogen (secondary N) is 1. The van der Waals surface area contributed by atoms with E-state index < -0.39 is 29.8 Å². The maximum absolute atomic E-state index is 13.7. The lowest BCUT2D eigenvalue weighted by Gasteiger charge is -2.27. The predicted octanol–water partition coefficient (Wildman–Crippen LogP) is 7.61. The molecular weight excluding hydrogens is 502 g/mol. The summed E-state index contributed by atoms with van der Waals surface area (Å²) in [6.07, 6.45) is -2.68. The van der Waals surface area contributed by atoms with Gasteiger partial charge in [0.2, 0.25) is 5.91 Å². The van der Waals surface area contributed by atoms with Crippen LogP contribution in [0.3, 0.4) is 0 Å². The summed E-state index contributed by atoms with van der Waals surface area (Å²) in [6, 6.07) is 10.7. The highest BCUT2D eigenvalue weighted by atomic mass is 35.5.